The Bertz CT molecular complexity index is 726. The van der Waals surface area contributed by atoms with Gasteiger partial charge in [-0.05, 0) is 34.6 Å². The molecule has 0 aliphatic carbocycles. The molecule has 0 spiro atoms. The predicted molar refractivity (Wildman–Crippen MR) is 115 cm³/mol. The van der Waals surface area contributed by atoms with E-state index in [1.165, 1.54) is 0 Å². The molecule has 2 heterocycles. The van der Waals surface area contributed by atoms with E-state index >= 15 is 0 Å². The topological polar surface area (TPSA) is 90.4 Å². The molecule has 0 radical (unpaired) electrons. The number of piperazine rings is 1. The summed E-state index contributed by atoms with van der Waals surface area (Å²) >= 11 is 0. The first kappa shape index (κ1) is 24.9. The molecular weight excluding hydrogens is 402 g/mol. The summed E-state index contributed by atoms with van der Waals surface area (Å²) in [5.41, 5.74) is 0.337. The van der Waals surface area contributed by atoms with Crippen molar-refractivity contribution in [1.29, 1.82) is 0 Å². The quantitative estimate of drug-likeness (QED) is 0.545. The Kier molecular flexibility index (Phi) is 9.51. The monoisotopic (exact) mass is 437 g/mol. The second kappa shape index (κ2) is 11.9. The van der Waals surface area contributed by atoms with Gasteiger partial charge in [0.15, 0.2) is 5.69 Å². The van der Waals surface area contributed by atoms with E-state index in [2.05, 4.69) is 9.88 Å². The minimum Gasteiger partial charge on any atom is -0.492 e. The second-order valence-electron chi connectivity index (χ2n) is 8.19. The first-order valence-corrected chi connectivity index (χ1v) is 10.8. The highest BCUT2D eigenvalue weighted by molar-refractivity contribution is 5.87. The SMILES string of the molecule is CCOCc1cc(OCCN2CCN(C(=O)OC(C)(C)C)CC2)cc(C(=O)OCC)n1. The molecule has 1 amide bonds. The van der Waals surface area contributed by atoms with Crippen LogP contribution in [0, 0.1) is 0 Å². The minimum absolute atomic E-state index is 0.208. The number of amides is 1. The third kappa shape index (κ3) is 8.70. The van der Waals surface area contributed by atoms with Crippen molar-refractivity contribution in [1.82, 2.24) is 14.8 Å². The number of hydrogen-bond acceptors (Lipinski definition) is 8. The number of esters is 1. The molecule has 1 aromatic rings. The molecule has 1 saturated heterocycles. The van der Waals surface area contributed by atoms with Gasteiger partial charge in [-0.15, -0.1) is 0 Å². The van der Waals surface area contributed by atoms with Crippen LogP contribution in [0.2, 0.25) is 0 Å². The van der Waals surface area contributed by atoms with Gasteiger partial charge in [0.25, 0.3) is 0 Å². The van der Waals surface area contributed by atoms with Crippen LogP contribution < -0.4 is 4.74 Å². The fraction of sp³-hybridized carbons (Fsp3) is 0.682. The highest BCUT2D eigenvalue weighted by Gasteiger charge is 2.25. The average Bonchev–Trinajstić information content (AvgIpc) is 2.71. The number of carbonyl (C=O) groups excluding carboxylic acids is 2. The van der Waals surface area contributed by atoms with Gasteiger partial charge in [0.2, 0.25) is 0 Å². The second-order valence-corrected chi connectivity index (χ2v) is 8.19. The van der Waals surface area contributed by atoms with Crippen molar-refractivity contribution in [2.45, 2.75) is 46.8 Å². The lowest BCUT2D eigenvalue weighted by atomic mass is 10.2. The summed E-state index contributed by atoms with van der Waals surface area (Å²) in [6.45, 7) is 14.3. The lowest BCUT2D eigenvalue weighted by molar-refractivity contribution is 0.0136. The van der Waals surface area contributed by atoms with Gasteiger partial charge in [0, 0.05) is 51.5 Å². The fourth-order valence-electron chi connectivity index (χ4n) is 3.01. The van der Waals surface area contributed by atoms with Crippen LogP contribution in [0.15, 0.2) is 12.1 Å². The highest BCUT2D eigenvalue weighted by atomic mass is 16.6. The van der Waals surface area contributed by atoms with Crippen LogP contribution in [0.5, 0.6) is 5.75 Å². The Labute approximate surface area is 184 Å². The molecule has 0 unspecified atom stereocenters. The van der Waals surface area contributed by atoms with E-state index in [1.54, 1.807) is 24.0 Å². The number of aromatic nitrogens is 1. The standard InChI is InChI=1S/C22H35N3O6/c1-6-28-16-17-14-18(15-19(23-17)20(26)29-7-2)30-13-12-24-8-10-25(11-9-24)21(27)31-22(3,4)5/h14-15H,6-13,16H2,1-5H3. The molecule has 1 aliphatic heterocycles. The van der Waals surface area contributed by atoms with Gasteiger partial charge in [-0.25, -0.2) is 14.6 Å². The molecule has 0 bridgehead atoms. The average molecular weight is 438 g/mol. The largest absolute Gasteiger partial charge is 0.492 e. The normalized spacial score (nSPS) is 14.9. The van der Waals surface area contributed by atoms with Gasteiger partial charge in [-0.2, -0.15) is 0 Å². The summed E-state index contributed by atoms with van der Waals surface area (Å²) in [5.74, 6) is 0.0733. The Hall–Kier alpha value is -2.39. The highest BCUT2D eigenvalue weighted by Crippen LogP contribution is 2.17. The summed E-state index contributed by atoms with van der Waals surface area (Å²) in [7, 11) is 0. The van der Waals surface area contributed by atoms with E-state index in [9.17, 15) is 9.59 Å². The molecule has 1 fully saturated rings. The first-order chi connectivity index (χ1) is 14.7. The Morgan fingerprint density at radius 3 is 2.39 bits per heavy atom. The minimum atomic E-state index is -0.490. The van der Waals surface area contributed by atoms with Crippen LogP contribution in [0.25, 0.3) is 0 Å². The summed E-state index contributed by atoms with van der Waals surface area (Å²) in [6.07, 6.45) is -0.270. The van der Waals surface area contributed by atoms with Crippen molar-refractivity contribution in [3.63, 3.8) is 0 Å². The zero-order valence-corrected chi connectivity index (χ0v) is 19.3. The van der Waals surface area contributed by atoms with Gasteiger partial charge < -0.3 is 23.8 Å². The van der Waals surface area contributed by atoms with Crippen molar-refractivity contribution in [2.24, 2.45) is 0 Å². The van der Waals surface area contributed by atoms with E-state index < -0.39 is 11.6 Å². The maximum absolute atomic E-state index is 12.2. The van der Waals surface area contributed by atoms with E-state index in [0.717, 1.165) is 13.1 Å². The number of pyridine rings is 1. The zero-order valence-electron chi connectivity index (χ0n) is 19.3. The maximum Gasteiger partial charge on any atom is 0.410 e. The molecule has 0 saturated carbocycles. The molecule has 1 aromatic heterocycles. The Morgan fingerprint density at radius 1 is 1.06 bits per heavy atom. The summed E-state index contributed by atoms with van der Waals surface area (Å²) in [4.78, 5) is 32.5. The summed E-state index contributed by atoms with van der Waals surface area (Å²) in [5, 5.41) is 0. The van der Waals surface area contributed by atoms with E-state index in [-0.39, 0.29) is 18.4 Å². The fourth-order valence-corrected chi connectivity index (χ4v) is 3.01. The van der Waals surface area contributed by atoms with Crippen LogP contribution in [0.4, 0.5) is 4.79 Å². The van der Waals surface area contributed by atoms with Crippen molar-refractivity contribution in [2.75, 3.05) is 52.5 Å². The molecule has 9 heteroatoms. The van der Waals surface area contributed by atoms with Crippen LogP contribution in [0.1, 0.15) is 50.8 Å². The molecule has 2 rings (SSSR count). The van der Waals surface area contributed by atoms with Gasteiger partial charge in [0.1, 0.15) is 18.0 Å². The molecule has 0 atom stereocenters. The van der Waals surface area contributed by atoms with Crippen molar-refractivity contribution >= 4 is 12.1 Å². The third-order valence-corrected chi connectivity index (χ3v) is 4.49. The molecule has 0 N–H and O–H groups in total. The van der Waals surface area contributed by atoms with Crippen molar-refractivity contribution in [3.8, 4) is 5.75 Å². The van der Waals surface area contributed by atoms with E-state index in [4.69, 9.17) is 18.9 Å². The molecule has 174 valence electrons. The van der Waals surface area contributed by atoms with Gasteiger partial charge in [0.05, 0.1) is 18.9 Å². The van der Waals surface area contributed by atoms with Gasteiger partial charge in [-0.1, -0.05) is 0 Å². The molecular formula is C22H35N3O6. The Morgan fingerprint density at radius 2 is 1.77 bits per heavy atom. The molecule has 9 nitrogen and oxygen atoms in total. The van der Waals surface area contributed by atoms with Crippen LogP contribution in [0.3, 0.4) is 0 Å². The number of rotatable bonds is 9. The van der Waals surface area contributed by atoms with Crippen LogP contribution in [-0.2, 0) is 20.8 Å². The number of hydrogen-bond donors (Lipinski definition) is 0. The van der Waals surface area contributed by atoms with Crippen molar-refractivity contribution < 1.29 is 28.5 Å². The van der Waals surface area contributed by atoms with Crippen LogP contribution in [-0.4, -0.2) is 85.0 Å². The van der Waals surface area contributed by atoms with Crippen molar-refractivity contribution in [3.05, 3.63) is 23.5 Å². The molecule has 1 aliphatic rings. The Balaban J connectivity index is 1.85. The lowest BCUT2D eigenvalue weighted by Gasteiger charge is -2.35. The van der Waals surface area contributed by atoms with E-state index in [0.29, 0.717) is 50.9 Å². The molecule has 0 aromatic carbocycles. The maximum atomic E-state index is 12.2. The predicted octanol–water partition coefficient (Wildman–Crippen LogP) is 2.73. The summed E-state index contributed by atoms with van der Waals surface area (Å²) in [6, 6.07) is 3.37. The zero-order chi connectivity index (χ0) is 22.9. The summed E-state index contributed by atoms with van der Waals surface area (Å²) < 4.78 is 21.8. The van der Waals surface area contributed by atoms with Gasteiger partial charge >= 0.3 is 12.1 Å². The number of carbonyl (C=O) groups is 2. The number of nitrogens with zero attached hydrogens (tertiary/aromatic N) is 3. The smallest absolute Gasteiger partial charge is 0.410 e. The third-order valence-electron chi connectivity index (χ3n) is 4.49. The van der Waals surface area contributed by atoms with Gasteiger partial charge in [-0.3, -0.25) is 4.90 Å². The van der Waals surface area contributed by atoms with E-state index in [1.807, 2.05) is 27.7 Å². The molecule has 31 heavy (non-hydrogen) atoms. The number of ether oxygens (including phenoxy) is 4. The van der Waals surface area contributed by atoms with Crippen LogP contribution >= 0.6 is 0 Å². The lowest BCUT2D eigenvalue weighted by Crippen LogP contribution is -2.50. The first-order valence-electron chi connectivity index (χ1n) is 10.8.